The van der Waals surface area contributed by atoms with Crippen molar-refractivity contribution in [3.63, 3.8) is 0 Å². The molecule has 0 radical (unpaired) electrons. The lowest BCUT2D eigenvalue weighted by molar-refractivity contribution is -0.383. The zero-order valence-corrected chi connectivity index (χ0v) is 17.8. The quantitative estimate of drug-likeness (QED) is 0.408. The van der Waals surface area contributed by atoms with E-state index in [1.165, 1.54) is 30.6 Å². The van der Waals surface area contributed by atoms with E-state index in [0.29, 0.717) is 31.9 Å². The van der Waals surface area contributed by atoms with Gasteiger partial charge in [0, 0.05) is 37.6 Å². The summed E-state index contributed by atoms with van der Waals surface area (Å²) in [6, 6.07) is 13.7. The van der Waals surface area contributed by atoms with E-state index in [0.717, 1.165) is 11.4 Å². The maximum atomic E-state index is 11.9. The second-order valence-electron chi connectivity index (χ2n) is 7.33. The standard InChI is InChI=1S/C22H22N6O5/c1-33-18-8-6-17(7-9-18)26-10-12-27(13-11-26)21-19(28(31)32)20(23-14-24-21)25-16-4-2-15(3-5-16)22(29)30/h2-9,14H,10-13H2,1H3,(H,29,30)(H,23,24,25). The molecule has 1 aromatic heterocycles. The van der Waals surface area contributed by atoms with Crippen molar-refractivity contribution in [3.05, 3.63) is 70.5 Å². The molecule has 170 valence electrons. The summed E-state index contributed by atoms with van der Waals surface area (Å²) in [6.45, 7) is 2.45. The first-order chi connectivity index (χ1) is 16.0. The van der Waals surface area contributed by atoms with Crippen LogP contribution in [0.2, 0.25) is 0 Å². The molecule has 11 heteroatoms. The van der Waals surface area contributed by atoms with E-state index >= 15 is 0 Å². The number of piperazine rings is 1. The molecule has 0 spiro atoms. The van der Waals surface area contributed by atoms with Crippen molar-refractivity contribution in [2.45, 2.75) is 0 Å². The molecule has 11 nitrogen and oxygen atoms in total. The van der Waals surface area contributed by atoms with E-state index < -0.39 is 10.9 Å². The van der Waals surface area contributed by atoms with Crippen LogP contribution in [-0.4, -0.2) is 59.3 Å². The Labute approximate surface area is 189 Å². The number of aromatic nitrogens is 2. The molecule has 33 heavy (non-hydrogen) atoms. The number of anilines is 4. The Hall–Kier alpha value is -4.41. The van der Waals surface area contributed by atoms with Crippen LogP contribution in [0.4, 0.5) is 28.7 Å². The monoisotopic (exact) mass is 450 g/mol. The number of hydrogen-bond donors (Lipinski definition) is 2. The SMILES string of the molecule is COc1ccc(N2CCN(c3ncnc(Nc4ccc(C(=O)O)cc4)c3[N+](=O)[O-])CC2)cc1. The number of hydrogen-bond acceptors (Lipinski definition) is 9. The largest absolute Gasteiger partial charge is 0.497 e. The maximum absolute atomic E-state index is 11.9. The molecule has 0 atom stereocenters. The lowest BCUT2D eigenvalue weighted by atomic mass is 10.2. The van der Waals surface area contributed by atoms with Gasteiger partial charge in [-0.25, -0.2) is 14.8 Å². The van der Waals surface area contributed by atoms with Crippen LogP contribution < -0.4 is 19.9 Å². The summed E-state index contributed by atoms with van der Waals surface area (Å²) in [5.74, 6) is 0.0250. The van der Waals surface area contributed by atoms with Crippen molar-refractivity contribution in [1.82, 2.24) is 9.97 Å². The number of carboxylic acid groups (broad SMARTS) is 1. The highest BCUT2D eigenvalue weighted by Crippen LogP contribution is 2.34. The van der Waals surface area contributed by atoms with Crippen LogP contribution in [0.1, 0.15) is 10.4 Å². The van der Waals surface area contributed by atoms with E-state index in [9.17, 15) is 14.9 Å². The smallest absolute Gasteiger partial charge is 0.353 e. The van der Waals surface area contributed by atoms with Gasteiger partial charge in [0.05, 0.1) is 17.6 Å². The van der Waals surface area contributed by atoms with Gasteiger partial charge in [-0.2, -0.15) is 0 Å². The third-order valence-corrected chi connectivity index (χ3v) is 5.40. The lowest BCUT2D eigenvalue weighted by Crippen LogP contribution is -2.47. The fourth-order valence-electron chi connectivity index (χ4n) is 3.66. The molecule has 0 bridgehead atoms. The highest BCUT2D eigenvalue weighted by molar-refractivity contribution is 5.88. The van der Waals surface area contributed by atoms with Gasteiger partial charge in [-0.05, 0) is 48.5 Å². The summed E-state index contributed by atoms with van der Waals surface area (Å²) in [7, 11) is 1.62. The normalized spacial score (nSPS) is 13.5. The van der Waals surface area contributed by atoms with Crippen molar-refractivity contribution < 1.29 is 19.6 Å². The highest BCUT2D eigenvalue weighted by atomic mass is 16.6. The highest BCUT2D eigenvalue weighted by Gasteiger charge is 2.29. The van der Waals surface area contributed by atoms with Crippen molar-refractivity contribution in [2.24, 2.45) is 0 Å². The molecule has 2 N–H and O–H groups in total. The van der Waals surface area contributed by atoms with Gasteiger partial charge < -0.3 is 25.0 Å². The van der Waals surface area contributed by atoms with Crippen molar-refractivity contribution >= 4 is 34.7 Å². The summed E-state index contributed by atoms with van der Waals surface area (Å²) < 4.78 is 5.20. The Kier molecular flexibility index (Phi) is 6.20. The van der Waals surface area contributed by atoms with Crippen LogP contribution >= 0.6 is 0 Å². The lowest BCUT2D eigenvalue weighted by Gasteiger charge is -2.36. The fourth-order valence-corrected chi connectivity index (χ4v) is 3.66. The molecule has 0 aliphatic carbocycles. The number of nitro groups is 1. The van der Waals surface area contributed by atoms with E-state index in [2.05, 4.69) is 20.2 Å². The molecule has 0 amide bonds. The van der Waals surface area contributed by atoms with Gasteiger partial charge >= 0.3 is 11.7 Å². The minimum absolute atomic E-state index is 0.0469. The summed E-state index contributed by atoms with van der Waals surface area (Å²) in [4.78, 5) is 34.8. The van der Waals surface area contributed by atoms with E-state index in [1.807, 2.05) is 29.2 Å². The van der Waals surface area contributed by atoms with Gasteiger partial charge in [0.15, 0.2) is 0 Å². The van der Waals surface area contributed by atoms with Gasteiger partial charge in [-0.1, -0.05) is 0 Å². The van der Waals surface area contributed by atoms with E-state index in [4.69, 9.17) is 9.84 Å². The molecule has 1 fully saturated rings. The molecule has 3 aromatic rings. The third kappa shape index (κ3) is 4.76. The molecule has 2 aromatic carbocycles. The average molecular weight is 450 g/mol. The Morgan fingerprint density at radius 2 is 1.67 bits per heavy atom. The third-order valence-electron chi connectivity index (χ3n) is 5.40. The second-order valence-corrected chi connectivity index (χ2v) is 7.33. The van der Waals surface area contributed by atoms with Crippen molar-refractivity contribution in [2.75, 3.05) is 48.4 Å². The van der Waals surface area contributed by atoms with Crippen molar-refractivity contribution in [1.29, 1.82) is 0 Å². The molecule has 4 rings (SSSR count). The molecule has 0 saturated carbocycles. The number of rotatable bonds is 7. The topological polar surface area (TPSA) is 134 Å². The van der Waals surface area contributed by atoms with Crippen LogP contribution in [0.3, 0.4) is 0 Å². The molecule has 2 heterocycles. The molecule has 0 unspecified atom stereocenters. The van der Waals surface area contributed by atoms with Gasteiger partial charge in [0.25, 0.3) is 0 Å². The van der Waals surface area contributed by atoms with Crippen LogP contribution in [0.15, 0.2) is 54.9 Å². The zero-order chi connectivity index (χ0) is 23.4. The average Bonchev–Trinajstić information content (AvgIpc) is 2.84. The number of benzene rings is 2. The Balaban J connectivity index is 1.52. The summed E-state index contributed by atoms with van der Waals surface area (Å²) in [6.07, 6.45) is 1.28. The summed E-state index contributed by atoms with van der Waals surface area (Å²) >= 11 is 0. The molecular weight excluding hydrogens is 428 g/mol. The number of aromatic carboxylic acids is 1. The van der Waals surface area contributed by atoms with E-state index in [1.54, 1.807) is 7.11 Å². The predicted octanol–water partition coefficient (Wildman–Crippen LogP) is 3.16. The minimum Gasteiger partial charge on any atom is -0.497 e. The Bertz CT molecular complexity index is 1140. The first-order valence-corrected chi connectivity index (χ1v) is 10.2. The number of nitrogens with one attached hydrogen (secondary N) is 1. The fraction of sp³-hybridized carbons (Fsp3) is 0.227. The summed E-state index contributed by atoms with van der Waals surface area (Å²) in [5.41, 5.74) is 1.43. The van der Waals surface area contributed by atoms with Gasteiger partial charge in [0.1, 0.15) is 12.1 Å². The van der Waals surface area contributed by atoms with Crippen LogP contribution in [0, 0.1) is 10.1 Å². The van der Waals surface area contributed by atoms with Crippen LogP contribution in [-0.2, 0) is 0 Å². The number of methoxy groups -OCH3 is 1. The Morgan fingerprint density at radius 1 is 1.03 bits per heavy atom. The maximum Gasteiger partial charge on any atom is 0.353 e. The summed E-state index contributed by atoms with van der Waals surface area (Å²) in [5, 5.41) is 23.9. The van der Waals surface area contributed by atoms with Crippen molar-refractivity contribution in [3.8, 4) is 5.75 Å². The number of ether oxygens (including phenoxy) is 1. The number of carbonyl (C=O) groups is 1. The number of nitrogens with zero attached hydrogens (tertiary/aromatic N) is 5. The Morgan fingerprint density at radius 3 is 2.24 bits per heavy atom. The van der Waals surface area contributed by atoms with E-state index in [-0.39, 0.29) is 22.9 Å². The van der Waals surface area contributed by atoms with Crippen LogP contribution in [0.25, 0.3) is 0 Å². The number of carboxylic acids is 1. The minimum atomic E-state index is -1.05. The predicted molar refractivity (Wildman–Crippen MR) is 123 cm³/mol. The van der Waals surface area contributed by atoms with Gasteiger partial charge in [-0.15, -0.1) is 0 Å². The first-order valence-electron chi connectivity index (χ1n) is 10.2. The van der Waals surface area contributed by atoms with Gasteiger partial charge in [-0.3, -0.25) is 10.1 Å². The molecule has 1 aliphatic heterocycles. The zero-order valence-electron chi connectivity index (χ0n) is 17.8. The molecule has 1 aliphatic rings. The van der Waals surface area contributed by atoms with Gasteiger partial charge in [0.2, 0.25) is 11.6 Å². The molecular formula is C22H22N6O5. The molecule has 1 saturated heterocycles. The first kappa shape index (κ1) is 21.8. The van der Waals surface area contributed by atoms with Crippen LogP contribution in [0.5, 0.6) is 5.75 Å². The second kappa shape index (κ2) is 9.39.